The third-order valence-electron chi connectivity index (χ3n) is 5.99. The predicted octanol–water partition coefficient (Wildman–Crippen LogP) is 3.75. The minimum atomic E-state index is 0.194. The van der Waals surface area contributed by atoms with Gasteiger partial charge in [0.25, 0.3) is 0 Å². The highest BCUT2D eigenvalue weighted by molar-refractivity contribution is 5.82. The number of hydrogen-bond donors (Lipinski definition) is 0. The van der Waals surface area contributed by atoms with Crippen LogP contribution >= 0.6 is 0 Å². The molecule has 1 aromatic rings. The predicted molar refractivity (Wildman–Crippen MR) is 95.9 cm³/mol. The maximum atomic E-state index is 12.2. The average molecular weight is 329 g/mol. The van der Waals surface area contributed by atoms with Crippen molar-refractivity contribution < 1.29 is 4.79 Å². The Bertz CT molecular complexity index is 539. The third-order valence-corrected chi connectivity index (χ3v) is 5.99. The van der Waals surface area contributed by atoms with Gasteiger partial charge in [-0.05, 0) is 70.0 Å². The Balaban J connectivity index is 1.47. The number of nitrogens with zero attached hydrogens (tertiary/aromatic N) is 3. The van der Waals surface area contributed by atoms with E-state index in [0.717, 1.165) is 18.7 Å². The standard InChI is InChI=1S/C20H31N3O/c1-14(2)20(24)17-4-6-19(7-5-17)23-10-8-16(9-11-23)18-12-21-15(3)22-13-18/h12-14,16-17,19H,4-11H2,1-3H3. The molecule has 2 fully saturated rings. The highest BCUT2D eigenvalue weighted by atomic mass is 16.1. The number of ketones is 1. The van der Waals surface area contributed by atoms with Gasteiger partial charge in [-0.25, -0.2) is 9.97 Å². The molecule has 1 aliphatic carbocycles. The largest absolute Gasteiger partial charge is 0.300 e. The zero-order valence-corrected chi connectivity index (χ0v) is 15.4. The summed E-state index contributed by atoms with van der Waals surface area (Å²) in [5, 5.41) is 0. The van der Waals surface area contributed by atoms with Gasteiger partial charge in [-0.3, -0.25) is 4.79 Å². The fraction of sp³-hybridized carbons (Fsp3) is 0.750. The first-order chi connectivity index (χ1) is 11.5. The van der Waals surface area contributed by atoms with E-state index in [1.807, 2.05) is 33.2 Å². The summed E-state index contributed by atoms with van der Waals surface area (Å²) in [7, 11) is 0. The molecule has 24 heavy (non-hydrogen) atoms. The maximum Gasteiger partial charge on any atom is 0.138 e. The average Bonchev–Trinajstić information content (AvgIpc) is 2.62. The fourth-order valence-electron chi connectivity index (χ4n) is 4.41. The van der Waals surface area contributed by atoms with Crippen LogP contribution in [0.2, 0.25) is 0 Å². The highest BCUT2D eigenvalue weighted by Gasteiger charge is 2.32. The van der Waals surface area contributed by atoms with Crippen molar-refractivity contribution in [1.82, 2.24) is 14.9 Å². The molecule has 3 rings (SSSR count). The molecule has 1 aromatic heterocycles. The summed E-state index contributed by atoms with van der Waals surface area (Å²) in [4.78, 5) is 23.5. The fourth-order valence-corrected chi connectivity index (χ4v) is 4.41. The molecule has 0 radical (unpaired) electrons. The smallest absolute Gasteiger partial charge is 0.138 e. The summed E-state index contributed by atoms with van der Waals surface area (Å²) in [5.74, 6) is 2.46. The Labute approximate surface area is 146 Å². The van der Waals surface area contributed by atoms with Crippen molar-refractivity contribution >= 4 is 5.78 Å². The first-order valence-electron chi connectivity index (χ1n) is 9.61. The van der Waals surface area contributed by atoms with Gasteiger partial charge < -0.3 is 4.90 Å². The van der Waals surface area contributed by atoms with Crippen molar-refractivity contribution in [2.24, 2.45) is 11.8 Å². The van der Waals surface area contributed by atoms with Gasteiger partial charge in [0.1, 0.15) is 11.6 Å². The minimum Gasteiger partial charge on any atom is -0.300 e. The van der Waals surface area contributed by atoms with E-state index in [4.69, 9.17) is 0 Å². The van der Waals surface area contributed by atoms with E-state index in [0.29, 0.717) is 23.7 Å². The molecule has 4 heteroatoms. The van der Waals surface area contributed by atoms with Crippen LogP contribution in [0.5, 0.6) is 0 Å². The molecule has 1 aliphatic heterocycles. The van der Waals surface area contributed by atoms with Crippen LogP contribution in [-0.2, 0) is 4.79 Å². The van der Waals surface area contributed by atoms with Crippen molar-refractivity contribution in [2.45, 2.75) is 71.3 Å². The van der Waals surface area contributed by atoms with Crippen LogP contribution < -0.4 is 0 Å². The summed E-state index contributed by atoms with van der Waals surface area (Å²) >= 11 is 0. The van der Waals surface area contributed by atoms with Gasteiger partial charge in [-0.1, -0.05) is 13.8 Å². The molecule has 132 valence electrons. The van der Waals surface area contributed by atoms with E-state index in [1.54, 1.807) is 0 Å². The number of aromatic nitrogens is 2. The van der Waals surface area contributed by atoms with Gasteiger partial charge in [-0.15, -0.1) is 0 Å². The molecule has 1 saturated carbocycles. The second kappa shape index (κ2) is 7.73. The molecule has 1 saturated heterocycles. The number of Topliss-reactive ketones (excluding diaryl/α,β-unsaturated/α-hetero) is 1. The molecule has 0 atom stereocenters. The second-order valence-electron chi connectivity index (χ2n) is 7.94. The molecular formula is C20H31N3O. The quantitative estimate of drug-likeness (QED) is 0.844. The first-order valence-corrected chi connectivity index (χ1v) is 9.61. The van der Waals surface area contributed by atoms with Crippen LogP contribution in [0, 0.1) is 18.8 Å². The van der Waals surface area contributed by atoms with Crippen molar-refractivity contribution in [2.75, 3.05) is 13.1 Å². The number of likely N-dealkylation sites (tertiary alicyclic amines) is 1. The molecule has 0 amide bonds. The molecule has 2 aliphatic rings. The van der Waals surface area contributed by atoms with Crippen LogP contribution in [0.4, 0.5) is 0 Å². The summed E-state index contributed by atoms with van der Waals surface area (Å²) in [6.45, 7) is 8.35. The Morgan fingerprint density at radius 3 is 2.17 bits per heavy atom. The molecule has 0 bridgehead atoms. The Morgan fingerprint density at radius 2 is 1.62 bits per heavy atom. The van der Waals surface area contributed by atoms with Crippen LogP contribution in [0.15, 0.2) is 12.4 Å². The van der Waals surface area contributed by atoms with E-state index < -0.39 is 0 Å². The SMILES string of the molecule is Cc1ncc(C2CCN(C3CCC(C(=O)C(C)C)CC3)CC2)cn1. The second-order valence-corrected chi connectivity index (χ2v) is 7.94. The third kappa shape index (κ3) is 4.02. The summed E-state index contributed by atoms with van der Waals surface area (Å²) < 4.78 is 0. The normalized spacial score (nSPS) is 26.7. The number of rotatable bonds is 4. The lowest BCUT2D eigenvalue weighted by Crippen LogP contribution is -2.43. The Hall–Kier alpha value is -1.29. The maximum absolute atomic E-state index is 12.2. The highest BCUT2D eigenvalue weighted by Crippen LogP contribution is 2.34. The van der Waals surface area contributed by atoms with Gasteiger partial charge in [0.05, 0.1) is 0 Å². The topological polar surface area (TPSA) is 46.1 Å². The number of aryl methyl sites for hydroxylation is 1. The summed E-state index contributed by atoms with van der Waals surface area (Å²) in [6, 6.07) is 0.691. The van der Waals surface area contributed by atoms with Gasteiger partial charge in [0, 0.05) is 30.3 Å². The lowest BCUT2D eigenvalue weighted by molar-refractivity contribution is -0.127. The van der Waals surface area contributed by atoms with E-state index in [9.17, 15) is 4.79 Å². The number of hydrogen-bond acceptors (Lipinski definition) is 4. The van der Waals surface area contributed by atoms with Gasteiger partial charge >= 0.3 is 0 Å². The van der Waals surface area contributed by atoms with Crippen LogP contribution in [0.1, 0.15) is 69.7 Å². The van der Waals surface area contributed by atoms with Gasteiger partial charge in [-0.2, -0.15) is 0 Å². The minimum absolute atomic E-state index is 0.194. The molecular weight excluding hydrogens is 298 g/mol. The Kier molecular flexibility index (Phi) is 5.65. The number of piperidine rings is 1. The van der Waals surface area contributed by atoms with Crippen molar-refractivity contribution in [3.8, 4) is 0 Å². The zero-order chi connectivity index (χ0) is 17.1. The monoisotopic (exact) mass is 329 g/mol. The van der Waals surface area contributed by atoms with Gasteiger partial charge in [0.2, 0.25) is 0 Å². The molecule has 0 aromatic carbocycles. The van der Waals surface area contributed by atoms with Gasteiger partial charge in [0.15, 0.2) is 0 Å². The Morgan fingerprint density at radius 1 is 1.04 bits per heavy atom. The lowest BCUT2D eigenvalue weighted by atomic mass is 9.79. The summed E-state index contributed by atoms with van der Waals surface area (Å²) in [6.07, 6.45) is 11.0. The van der Waals surface area contributed by atoms with E-state index in [2.05, 4.69) is 14.9 Å². The summed E-state index contributed by atoms with van der Waals surface area (Å²) in [5.41, 5.74) is 1.30. The van der Waals surface area contributed by atoms with Crippen LogP contribution in [0.25, 0.3) is 0 Å². The molecule has 0 spiro atoms. The molecule has 4 nitrogen and oxygen atoms in total. The lowest BCUT2D eigenvalue weighted by Gasteiger charge is -2.40. The zero-order valence-electron chi connectivity index (χ0n) is 15.4. The first kappa shape index (κ1) is 17.5. The van der Waals surface area contributed by atoms with Crippen LogP contribution in [0.3, 0.4) is 0 Å². The molecule has 2 heterocycles. The molecule has 0 unspecified atom stereocenters. The number of carbonyl (C=O) groups is 1. The van der Waals surface area contributed by atoms with E-state index >= 15 is 0 Å². The molecule has 0 N–H and O–H groups in total. The number of carbonyl (C=O) groups excluding carboxylic acids is 1. The van der Waals surface area contributed by atoms with E-state index in [1.165, 1.54) is 44.3 Å². The van der Waals surface area contributed by atoms with Crippen molar-refractivity contribution in [3.05, 3.63) is 23.8 Å². The van der Waals surface area contributed by atoms with Crippen molar-refractivity contribution in [1.29, 1.82) is 0 Å². The van der Waals surface area contributed by atoms with Crippen molar-refractivity contribution in [3.63, 3.8) is 0 Å². The van der Waals surface area contributed by atoms with E-state index in [-0.39, 0.29) is 5.92 Å². The van der Waals surface area contributed by atoms with Crippen LogP contribution in [-0.4, -0.2) is 39.8 Å².